The summed E-state index contributed by atoms with van der Waals surface area (Å²) in [5, 5.41) is 9.44. The average Bonchev–Trinajstić information content (AvgIpc) is 2.98. The predicted octanol–water partition coefficient (Wildman–Crippen LogP) is 10.5. The molecule has 1 atom stereocenters. The highest BCUT2D eigenvalue weighted by atomic mass is 16.6. The first-order valence-electron chi connectivity index (χ1n) is 16.9. The molecule has 0 aromatic carbocycles. The quantitative estimate of drug-likeness (QED) is 0.0528. The van der Waals surface area contributed by atoms with E-state index in [4.69, 9.17) is 9.47 Å². The van der Waals surface area contributed by atoms with Gasteiger partial charge in [-0.1, -0.05) is 139 Å². The van der Waals surface area contributed by atoms with Gasteiger partial charge < -0.3 is 14.6 Å². The van der Waals surface area contributed by atoms with Crippen LogP contribution in [0.3, 0.4) is 0 Å². The van der Waals surface area contributed by atoms with Crippen molar-refractivity contribution in [2.24, 2.45) is 0 Å². The van der Waals surface area contributed by atoms with Crippen LogP contribution in [0.15, 0.2) is 60.8 Å². The second kappa shape index (κ2) is 34.3. The number of aliphatic hydroxyl groups excluding tert-OH is 1. The van der Waals surface area contributed by atoms with Gasteiger partial charge in [-0.2, -0.15) is 0 Å². The first-order chi connectivity index (χ1) is 20.2. The molecular weight excluding hydrogens is 508 g/mol. The summed E-state index contributed by atoms with van der Waals surface area (Å²) in [7, 11) is 0. The van der Waals surface area contributed by atoms with Crippen molar-refractivity contribution in [2.75, 3.05) is 19.8 Å². The normalized spacial score (nSPS) is 13.1. The van der Waals surface area contributed by atoms with Crippen molar-refractivity contribution >= 4 is 5.97 Å². The van der Waals surface area contributed by atoms with Gasteiger partial charge in [-0.15, -0.1) is 0 Å². The van der Waals surface area contributed by atoms with Gasteiger partial charge in [0.2, 0.25) is 0 Å². The van der Waals surface area contributed by atoms with E-state index < -0.39 is 6.10 Å². The van der Waals surface area contributed by atoms with Crippen molar-refractivity contribution in [3.8, 4) is 0 Å². The van der Waals surface area contributed by atoms with Crippen molar-refractivity contribution < 1.29 is 19.4 Å². The second-order valence-electron chi connectivity index (χ2n) is 10.9. The Morgan fingerprint density at radius 2 is 1.10 bits per heavy atom. The highest BCUT2D eigenvalue weighted by molar-refractivity contribution is 5.69. The van der Waals surface area contributed by atoms with Gasteiger partial charge in [0.1, 0.15) is 6.10 Å². The molecule has 0 fully saturated rings. The van der Waals surface area contributed by atoms with Crippen LogP contribution in [-0.4, -0.2) is 37.0 Å². The fourth-order valence-electron chi connectivity index (χ4n) is 4.35. The van der Waals surface area contributed by atoms with Gasteiger partial charge in [-0.05, 0) is 57.8 Å². The minimum atomic E-state index is -0.534. The van der Waals surface area contributed by atoms with Crippen molar-refractivity contribution in [3.05, 3.63) is 60.8 Å². The molecule has 4 nitrogen and oxygen atoms in total. The Labute approximate surface area is 254 Å². The molecule has 0 rings (SSSR count). The lowest BCUT2D eigenvalue weighted by molar-refractivity contribution is -0.154. The van der Waals surface area contributed by atoms with Crippen LogP contribution >= 0.6 is 0 Å². The van der Waals surface area contributed by atoms with E-state index in [0.29, 0.717) is 13.0 Å². The van der Waals surface area contributed by atoms with Crippen molar-refractivity contribution in [1.82, 2.24) is 0 Å². The molecule has 0 amide bonds. The smallest absolute Gasteiger partial charge is 0.306 e. The summed E-state index contributed by atoms with van der Waals surface area (Å²) in [6.45, 7) is 5.12. The number of esters is 1. The molecule has 0 spiro atoms. The summed E-state index contributed by atoms with van der Waals surface area (Å²) in [6, 6.07) is 0. The number of unbranched alkanes of at least 4 members (excludes halogenated alkanes) is 12. The summed E-state index contributed by atoms with van der Waals surface area (Å²) in [5.74, 6) is -0.220. The summed E-state index contributed by atoms with van der Waals surface area (Å²) in [5.41, 5.74) is 0. The molecule has 0 aromatic rings. The molecule has 0 radical (unpaired) electrons. The molecule has 0 aliphatic heterocycles. The molecule has 0 saturated heterocycles. The van der Waals surface area contributed by atoms with Crippen LogP contribution in [-0.2, 0) is 14.3 Å². The van der Waals surface area contributed by atoms with Crippen LogP contribution in [0, 0.1) is 0 Å². The SMILES string of the molecule is CC/C=C\C/C=C\C/C=C\C/C=C\C/C=C\CCCCCCCCCCOCC(CO)OC(=O)CCCCCCC. The number of carbonyl (C=O) groups is 1. The minimum absolute atomic E-state index is 0.178. The average molecular weight is 573 g/mol. The molecular formula is C37H64O4. The standard InChI is InChI=1S/C37H64O4/c1-3-5-7-9-10-11-12-13-14-15-16-17-18-19-20-21-22-23-24-25-26-27-29-31-33-40-35-36(34-38)41-37(39)32-30-28-8-6-4-2/h5,7,10-11,13-14,16-17,19-20,36,38H,3-4,6,8-9,12,15,18,21-35H2,1-2H3/b7-5-,11-10-,14-13-,17-16-,20-19-. The van der Waals surface area contributed by atoms with E-state index in [9.17, 15) is 9.90 Å². The predicted molar refractivity (Wildman–Crippen MR) is 177 cm³/mol. The van der Waals surface area contributed by atoms with Gasteiger partial charge in [-0.25, -0.2) is 0 Å². The first-order valence-corrected chi connectivity index (χ1v) is 16.9. The van der Waals surface area contributed by atoms with Gasteiger partial charge in [-0.3, -0.25) is 4.79 Å². The number of hydrogen-bond donors (Lipinski definition) is 1. The molecule has 236 valence electrons. The van der Waals surface area contributed by atoms with Gasteiger partial charge in [0, 0.05) is 13.0 Å². The summed E-state index contributed by atoms with van der Waals surface area (Å²) < 4.78 is 11.0. The Kier molecular flexibility index (Phi) is 32.7. The van der Waals surface area contributed by atoms with Gasteiger partial charge in [0.15, 0.2) is 0 Å². The molecule has 1 N–H and O–H groups in total. The van der Waals surface area contributed by atoms with E-state index in [-0.39, 0.29) is 19.2 Å². The number of allylic oxidation sites excluding steroid dienone is 10. The highest BCUT2D eigenvalue weighted by Crippen LogP contribution is 2.11. The maximum atomic E-state index is 11.9. The Bertz CT molecular complexity index is 689. The molecule has 1 unspecified atom stereocenters. The number of rotatable bonds is 30. The molecule has 4 heteroatoms. The van der Waals surface area contributed by atoms with Gasteiger partial charge in [0.25, 0.3) is 0 Å². The lowest BCUT2D eigenvalue weighted by Crippen LogP contribution is -2.27. The lowest BCUT2D eigenvalue weighted by atomic mass is 10.1. The largest absolute Gasteiger partial charge is 0.457 e. The minimum Gasteiger partial charge on any atom is -0.457 e. The Morgan fingerprint density at radius 1 is 0.610 bits per heavy atom. The third-order valence-corrected chi connectivity index (χ3v) is 6.86. The van der Waals surface area contributed by atoms with Crippen LogP contribution in [0.5, 0.6) is 0 Å². The van der Waals surface area contributed by atoms with Crippen molar-refractivity contribution in [2.45, 2.75) is 148 Å². The molecule has 41 heavy (non-hydrogen) atoms. The number of ether oxygens (including phenoxy) is 2. The third kappa shape index (κ3) is 32.5. The molecule has 0 aliphatic rings. The monoisotopic (exact) mass is 572 g/mol. The molecule has 0 heterocycles. The first kappa shape index (κ1) is 39.1. The fourth-order valence-corrected chi connectivity index (χ4v) is 4.35. The maximum Gasteiger partial charge on any atom is 0.306 e. The fraction of sp³-hybridized carbons (Fsp3) is 0.703. The molecule has 0 saturated carbocycles. The molecule has 0 aromatic heterocycles. The Morgan fingerprint density at radius 3 is 1.66 bits per heavy atom. The van der Waals surface area contributed by atoms with E-state index in [1.54, 1.807) is 0 Å². The molecule has 0 bridgehead atoms. The lowest BCUT2D eigenvalue weighted by Gasteiger charge is -2.15. The number of aliphatic hydroxyl groups is 1. The maximum absolute atomic E-state index is 11.9. The van der Waals surface area contributed by atoms with E-state index in [0.717, 1.165) is 51.4 Å². The summed E-state index contributed by atoms with van der Waals surface area (Å²) >= 11 is 0. The van der Waals surface area contributed by atoms with Gasteiger partial charge >= 0.3 is 5.97 Å². The van der Waals surface area contributed by atoms with Crippen LogP contribution in [0.25, 0.3) is 0 Å². The zero-order chi connectivity index (χ0) is 29.9. The Balaban J connectivity index is 3.45. The van der Waals surface area contributed by atoms with Crippen LogP contribution in [0.2, 0.25) is 0 Å². The van der Waals surface area contributed by atoms with E-state index in [2.05, 4.69) is 74.6 Å². The Hall–Kier alpha value is -1.91. The van der Waals surface area contributed by atoms with Crippen LogP contribution in [0.4, 0.5) is 0 Å². The zero-order valence-electron chi connectivity index (χ0n) is 26.8. The van der Waals surface area contributed by atoms with Crippen molar-refractivity contribution in [3.63, 3.8) is 0 Å². The van der Waals surface area contributed by atoms with Gasteiger partial charge in [0.05, 0.1) is 13.2 Å². The second-order valence-corrected chi connectivity index (χ2v) is 10.9. The number of carbonyl (C=O) groups excluding carboxylic acids is 1. The van der Waals surface area contributed by atoms with E-state index >= 15 is 0 Å². The molecule has 0 aliphatic carbocycles. The summed E-state index contributed by atoms with van der Waals surface area (Å²) in [4.78, 5) is 11.9. The number of hydrogen-bond acceptors (Lipinski definition) is 4. The third-order valence-electron chi connectivity index (χ3n) is 6.86. The van der Waals surface area contributed by atoms with E-state index in [1.807, 2.05) is 0 Å². The summed E-state index contributed by atoms with van der Waals surface area (Å²) in [6.07, 6.45) is 44.3. The zero-order valence-corrected chi connectivity index (χ0v) is 26.8. The van der Waals surface area contributed by atoms with Crippen LogP contribution < -0.4 is 0 Å². The van der Waals surface area contributed by atoms with Crippen molar-refractivity contribution in [1.29, 1.82) is 0 Å². The highest BCUT2D eigenvalue weighted by Gasteiger charge is 2.13. The van der Waals surface area contributed by atoms with E-state index in [1.165, 1.54) is 70.6 Å². The van der Waals surface area contributed by atoms with Crippen LogP contribution in [0.1, 0.15) is 142 Å². The topological polar surface area (TPSA) is 55.8 Å².